The maximum Gasteiger partial charge on any atom is 0.258 e. The number of rotatable bonds is 5. The van der Waals surface area contributed by atoms with E-state index in [0.717, 1.165) is 0 Å². The fraction of sp³-hybridized carbons (Fsp3) is 0.700. The van der Waals surface area contributed by atoms with Crippen LogP contribution in [0.4, 0.5) is 0 Å². The highest BCUT2D eigenvalue weighted by Gasteiger charge is 2.45. The highest BCUT2D eigenvalue weighted by molar-refractivity contribution is 6.02. The lowest BCUT2D eigenvalue weighted by Gasteiger charge is -2.12. The van der Waals surface area contributed by atoms with Gasteiger partial charge in [-0.25, -0.2) is 0 Å². The van der Waals surface area contributed by atoms with Crippen LogP contribution in [0.25, 0.3) is 0 Å². The molecule has 6 nitrogen and oxygen atoms in total. The highest BCUT2D eigenvalue weighted by Crippen LogP contribution is 2.19. The first-order valence-electron chi connectivity index (χ1n) is 5.16. The molecule has 1 saturated heterocycles. The molecule has 0 aliphatic carbocycles. The van der Waals surface area contributed by atoms with Crippen LogP contribution in [0.5, 0.6) is 0 Å². The number of carbonyl (C=O) groups excluding carboxylic acids is 3. The summed E-state index contributed by atoms with van der Waals surface area (Å²) in [4.78, 5) is 33.0. The summed E-state index contributed by atoms with van der Waals surface area (Å²) in [6, 6.07) is -0.711. The summed E-state index contributed by atoms with van der Waals surface area (Å²) in [5, 5.41) is 2.12. The molecule has 0 bridgehead atoms. The molecular weight excluding hydrogens is 212 g/mol. The van der Waals surface area contributed by atoms with Gasteiger partial charge in [0.2, 0.25) is 5.91 Å². The summed E-state index contributed by atoms with van der Waals surface area (Å²) in [7, 11) is 0. The maximum atomic E-state index is 11.4. The van der Waals surface area contributed by atoms with Crippen molar-refractivity contribution < 1.29 is 19.1 Å². The number of epoxide rings is 1. The Morgan fingerprint density at radius 2 is 2.12 bits per heavy atom. The molecule has 1 aliphatic heterocycles. The summed E-state index contributed by atoms with van der Waals surface area (Å²) >= 11 is 0. The first-order valence-corrected chi connectivity index (χ1v) is 5.16. The number of amides is 2. The van der Waals surface area contributed by atoms with Crippen molar-refractivity contribution in [1.82, 2.24) is 5.32 Å². The summed E-state index contributed by atoms with van der Waals surface area (Å²) in [5.74, 6) is -0.851. The molecule has 90 valence electrons. The summed E-state index contributed by atoms with van der Waals surface area (Å²) in [5.41, 5.74) is 5.58. The van der Waals surface area contributed by atoms with E-state index in [1.54, 1.807) is 0 Å². The second kappa shape index (κ2) is 5.18. The molecule has 1 aliphatic rings. The predicted octanol–water partition coefficient (Wildman–Crippen LogP) is -1.03. The van der Waals surface area contributed by atoms with Crippen LogP contribution >= 0.6 is 0 Å². The Morgan fingerprint density at radius 1 is 1.50 bits per heavy atom. The second-order valence-corrected chi connectivity index (χ2v) is 4.25. The van der Waals surface area contributed by atoms with E-state index in [-0.39, 0.29) is 5.92 Å². The molecule has 0 aromatic carbocycles. The van der Waals surface area contributed by atoms with Crippen LogP contribution in [0.15, 0.2) is 0 Å². The normalized spacial score (nSPS) is 25.0. The zero-order chi connectivity index (χ0) is 12.3. The van der Waals surface area contributed by atoms with Crippen molar-refractivity contribution >= 4 is 18.1 Å². The number of hydrogen-bond donors (Lipinski definition) is 2. The molecular formula is C10H16N2O4. The van der Waals surface area contributed by atoms with Gasteiger partial charge in [-0.2, -0.15) is 0 Å². The Labute approximate surface area is 93.5 Å². The third-order valence-corrected chi connectivity index (χ3v) is 2.23. The average Bonchev–Trinajstić information content (AvgIpc) is 2.95. The highest BCUT2D eigenvalue weighted by atomic mass is 16.6. The Morgan fingerprint density at radius 3 is 2.56 bits per heavy atom. The van der Waals surface area contributed by atoms with Crippen molar-refractivity contribution in [2.24, 2.45) is 11.7 Å². The molecule has 3 N–H and O–H groups in total. The number of hydrogen-bond acceptors (Lipinski definition) is 5. The lowest BCUT2D eigenvalue weighted by atomic mass is 10.0. The van der Waals surface area contributed by atoms with Gasteiger partial charge in [0, 0.05) is 0 Å². The number of imide groups is 1. The Balaban J connectivity index is 2.34. The number of carbonyl (C=O) groups is 3. The molecule has 1 rings (SSSR count). The zero-order valence-electron chi connectivity index (χ0n) is 9.30. The molecule has 0 aromatic heterocycles. The first kappa shape index (κ1) is 12.8. The Bertz CT molecular complexity index is 303. The van der Waals surface area contributed by atoms with E-state index in [9.17, 15) is 14.4 Å². The van der Waals surface area contributed by atoms with Crippen LogP contribution in [-0.4, -0.2) is 36.4 Å². The number of aldehydes is 1. The minimum absolute atomic E-state index is 0.274. The Hall–Kier alpha value is -1.27. The van der Waals surface area contributed by atoms with Crippen molar-refractivity contribution in [3.05, 3.63) is 0 Å². The molecule has 0 saturated carbocycles. The number of nitrogens with two attached hydrogens (primary N) is 1. The van der Waals surface area contributed by atoms with E-state index in [1.165, 1.54) is 0 Å². The molecule has 0 unspecified atom stereocenters. The van der Waals surface area contributed by atoms with Crippen molar-refractivity contribution in [2.75, 3.05) is 0 Å². The van der Waals surface area contributed by atoms with E-state index in [4.69, 9.17) is 10.5 Å². The third-order valence-electron chi connectivity index (χ3n) is 2.23. The fourth-order valence-corrected chi connectivity index (χ4v) is 1.34. The van der Waals surface area contributed by atoms with Crippen molar-refractivity contribution in [3.8, 4) is 0 Å². The largest absolute Gasteiger partial charge is 0.351 e. The van der Waals surface area contributed by atoms with Gasteiger partial charge in [-0.1, -0.05) is 13.8 Å². The van der Waals surface area contributed by atoms with Gasteiger partial charge in [0.15, 0.2) is 12.4 Å². The molecule has 1 heterocycles. The first-order chi connectivity index (χ1) is 7.45. The summed E-state index contributed by atoms with van der Waals surface area (Å²) in [6.07, 6.45) is -0.508. The van der Waals surface area contributed by atoms with Gasteiger partial charge in [-0.3, -0.25) is 14.9 Å². The predicted molar refractivity (Wildman–Crippen MR) is 55.3 cm³/mol. The van der Waals surface area contributed by atoms with Crippen molar-refractivity contribution in [1.29, 1.82) is 0 Å². The SMILES string of the molecule is CC(C)C[C@H](N)C(=O)NC(=O)[C@H]1O[C@@H]1C=O. The lowest BCUT2D eigenvalue weighted by molar-refractivity contribution is -0.132. The van der Waals surface area contributed by atoms with E-state index in [0.29, 0.717) is 12.7 Å². The molecule has 16 heavy (non-hydrogen) atoms. The van der Waals surface area contributed by atoms with Gasteiger partial charge in [0.05, 0.1) is 6.04 Å². The van der Waals surface area contributed by atoms with E-state index >= 15 is 0 Å². The molecule has 2 amide bonds. The van der Waals surface area contributed by atoms with E-state index in [2.05, 4.69) is 5.32 Å². The summed E-state index contributed by atoms with van der Waals surface area (Å²) in [6.45, 7) is 3.86. The molecule has 6 heteroatoms. The topological polar surface area (TPSA) is 102 Å². The van der Waals surface area contributed by atoms with Crippen LogP contribution in [0, 0.1) is 5.92 Å². The molecule has 3 atom stereocenters. The number of nitrogens with one attached hydrogen (secondary N) is 1. The van der Waals surface area contributed by atoms with Gasteiger partial charge in [-0.15, -0.1) is 0 Å². The van der Waals surface area contributed by atoms with Gasteiger partial charge in [0.1, 0.15) is 6.10 Å². The molecule has 0 radical (unpaired) electrons. The van der Waals surface area contributed by atoms with Crippen LogP contribution in [0.1, 0.15) is 20.3 Å². The molecule has 0 aromatic rings. The minimum atomic E-state index is -0.826. The van der Waals surface area contributed by atoms with Crippen molar-refractivity contribution in [3.63, 3.8) is 0 Å². The monoisotopic (exact) mass is 228 g/mol. The molecule has 0 spiro atoms. The smallest absolute Gasteiger partial charge is 0.258 e. The van der Waals surface area contributed by atoms with Gasteiger partial charge in [-0.05, 0) is 12.3 Å². The standard InChI is InChI=1S/C10H16N2O4/c1-5(2)3-6(11)9(14)12-10(15)8-7(4-13)16-8/h4-8H,3,11H2,1-2H3,(H,12,14,15)/t6-,7+,8-/m0/s1. The summed E-state index contributed by atoms with van der Waals surface area (Å²) < 4.78 is 4.72. The van der Waals surface area contributed by atoms with E-state index < -0.39 is 30.1 Å². The zero-order valence-corrected chi connectivity index (χ0v) is 9.30. The van der Waals surface area contributed by atoms with Crippen LogP contribution in [0.2, 0.25) is 0 Å². The fourth-order valence-electron chi connectivity index (χ4n) is 1.34. The van der Waals surface area contributed by atoms with Crippen LogP contribution in [-0.2, 0) is 19.1 Å². The van der Waals surface area contributed by atoms with Gasteiger partial charge >= 0.3 is 0 Å². The third kappa shape index (κ3) is 3.39. The number of ether oxygens (including phenoxy) is 1. The quantitative estimate of drug-likeness (QED) is 0.462. The Kier molecular flexibility index (Phi) is 4.14. The minimum Gasteiger partial charge on any atom is -0.351 e. The van der Waals surface area contributed by atoms with Crippen LogP contribution < -0.4 is 11.1 Å². The van der Waals surface area contributed by atoms with Gasteiger partial charge < -0.3 is 15.3 Å². The van der Waals surface area contributed by atoms with Gasteiger partial charge in [0.25, 0.3) is 5.91 Å². The van der Waals surface area contributed by atoms with Crippen molar-refractivity contribution in [2.45, 2.75) is 38.5 Å². The lowest BCUT2D eigenvalue weighted by Crippen LogP contribution is -2.45. The maximum absolute atomic E-state index is 11.4. The second-order valence-electron chi connectivity index (χ2n) is 4.25. The van der Waals surface area contributed by atoms with Crippen LogP contribution in [0.3, 0.4) is 0 Å². The molecule has 1 fully saturated rings. The average molecular weight is 228 g/mol. The van der Waals surface area contributed by atoms with E-state index in [1.807, 2.05) is 13.8 Å².